The first-order valence-corrected chi connectivity index (χ1v) is 8.24. The van der Waals surface area contributed by atoms with Crippen molar-refractivity contribution >= 4 is 5.91 Å². The molecule has 0 spiro atoms. The van der Waals surface area contributed by atoms with Crippen LogP contribution >= 0.6 is 0 Å². The van der Waals surface area contributed by atoms with Crippen molar-refractivity contribution in [1.82, 2.24) is 14.9 Å². The maximum absolute atomic E-state index is 12.5. The van der Waals surface area contributed by atoms with Gasteiger partial charge in [0.05, 0.1) is 6.61 Å². The molecule has 0 radical (unpaired) electrons. The summed E-state index contributed by atoms with van der Waals surface area (Å²) in [6.45, 7) is 3.02. The standard InChI is InChI=1S/C20H21N3O2/c1-3-25-18-6-4-5-15(11-18)13-22-20(24)19-12-17(14-23(19)2)16-7-9-21-10-8-16/h4-12,14H,3,13H2,1-2H3,(H,22,24). The van der Waals surface area contributed by atoms with E-state index in [0.29, 0.717) is 18.8 Å². The molecule has 0 saturated carbocycles. The molecular formula is C20H21N3O2. The second-order valence-corrected chi connectivity index (χ2v) is 5.72. The fraction of sp³-hybridized carbons (Fsp3) is 0.200. The number of carbonyl (C=O) groups is 1. The number of hydrogen-bond donors (Lipinski definition) is 1. The van der Waals surface area contributed by atoms with Crippen molar-refractivity contribution in [3.05, 3.63) is 72.3 Å². The molecule has 0 atom stereocenters. The number of rotatable bonds is 6. The number of benzene rings is 1. The molecule has 0 fully saturated rings. The lowest BCUT2D eigenvalue weighted by Crippen LogP contribution is -2.24. The summed E-state index contributed by atoms with van der Waals surface area (Å²) >= 11 is 0. The molecule has 2 aromatic heterocycles. The molecular weight excluding hydrogens is 314 g/mol. The second-order valence-electron chi connectivity index (χ2n) is 5.72. The lowest BCUT2D eigenvalue weighted by molar-refractivity contribution is 0.0942. The van der Waals surface area contributed by atoms with E-state index in [4.69, 9.17) is 4.74 Å². The number of nitrogens with one attached hydrogen (secondary N) is 1. The van der Waals surface area contributed by atoms with Gasteiger partial charge in [0.25, 0.3) is 5.91 Å². The summed E-state index contributed by atoms with van der Waals surface area (Å²) in [4.78, 5) is 16.5. The Balaban J connectivity index is 1.69. The fourth-order valence-electron chi connectivity index (χ4n) is 2.68. The van der Waals surface area contributed by atoms with Gasteiger partial charge in [-0.1, -0.05) is 12.1 Å². The third-order valence-corrected chi connectivity index (χ3v) is 3.91. The zero-order chi connectivity index (χ0) is 17.6. The third kappa shape index (κ3) is 4.07. The van der Waals surface area contributed by atoms with Crippen LogP contribution in [0.2, 0.25) is 0 Å². The van der Waals surface area contributed by atoms with E-state index in [1.807, 2.05) is 67.2 Å². The Bertz CT molecular complexity index is 856. The molecule has 25 heavy (non-hydrogen) atoms. The van der Waals surface area contributed by atoms with Crippen LogP contribution in [0.3, 0.4) is 0 Å². The Kier molecular flexibility index (Phi) is 5.14. The molecule has 2 heterocycles. The third-order valence-electron chi connectivity index (χ3n) is 3.91. The van der Waals surface area contributed by atoms with Gasteiger partial charge in [0.2, 0.25) is 0 Å². The zero-order valence-corrected chi connectivity index (χ0v) is 14.4. The van der Waals surface area contributed by atoms with Crippen molar-refractivity contribution in [3.8, 4) is 16.9 Å². The van der Waals surface area contributed by atoms with Crippen molar-refractivity contribution in [2.75, 3.05) is 6.61 Å². The number of nitrogens with zero attached hydrogens (tertiary/aromatic N) is 2. The highest BCUT2D eigenvalue weighted by Gasteiger charge is 2.12. The van der Waals surface area contributed by atoms with Crippen LogP contribution in [0.25, 0.3) is 11.1 Å². The molecule has 0 unspecified atom stereocenters. The quantitative estimate of drug-likeness (QED) is 0.751. The number of pyridine rings is 1. The Labute approximate surface area is 147 Å². The van der Waals surface area contributed by atoms with Gasteiger partial charge < -0.3 is 14.6 Å². The Morgan fingerprint density at radius 1 is 1.16 bits per heavy atom. The largest absolute Gasteiger partial charge is 0.494 e. The highest BCUT2D eigenvalue weighted by Crippen LogP contribution is 2.21. The second kappa shape index (κ2) is 7.66. The minimum atomic E-state index is -0.107. The number of aryl methyl sites for hydroxylation is 1. The lowest BCUT2D eigenvalue weighted by atomic mass is 10.1. The van der Waals surface area contributed by atoms with Crippen LogP contribution in [0.15, 0.2) is 61.1 Å². The number of carbonyl (C=O) groups excluding carboxylic acids is 1. The van der Waals surface area contributed by atoms with Gasteiger partial charge in [-0.05, 0) is 48.4 Å². The van der Waals surface area contributed by atoms with Gasteiger partial charge in [-0.25, -0.2) is 0 Å². The number of amides is 1. The molecule has 0 aliphatic rings. The van der Waals surface area contributed by atoms with E-state index in [-0.39, 0.29) is 5.91 Å². The van der Waals surface area contributed by atoms with E-state index in [2.05, 4.69) is 10.3 Å². The van der Waals surface area contributed by atoms with E-state index in [1.165, 1.54) is 0 Å². The summed E-state index contributed by atoms with van der Waals surface area (Å²) < 4.78 is 7.32. The molecule has 5 nitrogen and oxygen atoms in total. The smallest absolute Gasteiger partial charge is 0.268 e. The molecule has 1 N–H and O–H groups in total. The average molecular weight is 335 g/mol. The summed E-state index contributed by atoms with van der Waals surface area (Å²) in [6, 6.07) is 13.5. The summed E-state index contributed by atoms with van der Waals surface area (Å²) in [5, 5.41) is 2.96. The monoisotopic (exact) mass is 335 g/mol. The Morgan fingerprint density at radius 3 is 2.72 bits per heavy atom. The predicted molar refractivity (Wildman–Crippen MR) is 97.4 cm³/mol. The average Bonchev–Trinajstić information content (AvgIpc) is 3.03. The number of ether oxygens (including phenoxy) is 1. The summed E-state index contributed by atoms with van der Waals surface area (Å²) in [5.74, 6) is 0.706. The van der Waals surface area contributed by atoms with E-state index in [0.717, 1.165) is 22.4 Å². The lowest BCUT2D eigenvalue weighted by Gasteiger charge is -2.08. The van der Waals surface area contributed by atoms with E-state index < -0.39 is 0 Å². The van der Waals surface area contributed by atoms with Gasteiger partial charge in [0, 0.05) is 37.7 Å². The van der Waals surface area contributed by atoms with Gasteiger partial charge in [0.15, 0.2) is 0 Å². The Morgan fingerprint density at radius 2 is 1.96 bits per heavy atom. The summed E-state index contributed by atoms with van der Waals surface area (Å²) in [6.07, 6.45) is 5.43. The maximum atomic E-state index is 12.5. The van der Waals surface area contributed by atoms with Crippen molar-refractivity contribution in [3.63, 3.8) is 0 Å². The normalized spacial score (nSPS) is 10.5. The summed E-state index contributed by atoms with van der Waals surface area (Å²) in [5.41, 5.74) is 3.65. The van der Waals surface area contributed by atoms with Crippen molar-refractivity contribution in [1.29, 1.82) is 0 Å². The molecule has 5 heteroatoms. The first kappa shape index (κ1) is 16.8. The van der Waals surface area contributed by atoms with Crippen LogP contribution in [0.4, 0.5) is 0 Å². The first-order valence-electron chi connectivity index (χ1n) is 8.24. The molecule has 128 valence electrons. The zero-order valence-electron chi connectivity index (χ0n) is 14.4. The van der Waals surface area contributed by atoms with Crippen LogP contribution in [0.1, 0.15) is 23.0 Å². The highest BCUT2D eigenvalue weighted by molar-refractivity contribution is 5.94. The van der Waals surface area contributed by atoms with Crippen molar-refractivity contribution in [2.45, 2.75) is 13.5 Å². The molecule has 0 saturated heterocycles. The van der Waals surface area contributed by atoms with Crippen LogP contribution in [-0.2, 0) is 13.6 Å². The number of hydrogen-bond acceptors (Lipinski definition) is 3. The molecule has 0 aliphatic heterocycles. The highest BCUT2D eigenvalue weighted by atomic mass is 16.5. The fourth-order valence-corrected chi connectivity index (χ4v) is 2.68. The van der Waals surface area contributed by atoms with Crippen LogP contribution < -0.4 is 10.1 Å². The van der Waals surface area contributed by atoms with Gasteiger partial charge in [0.1, 0.15) is 11.4 Å². The number of aromatic nitrogens is 2. The van der Waals surface area contributed by atoms with E-state index in [1.54, 1.807) is 12.4 Å². The van der Waals surface area contributed by atoms with Crippen LogP contribution in [-0.4, -0.2) is 22.1 Å². The van der Waals surface area contributed by atoms with Gasteiger partial charge in [-0.2, -0.15) is 0 Å². The molecule has 0 bridgehead atoms. The molecule has 1 aromatic carbocycles. The summed E-state index contributed by atoms with van der Waals surface area (Å²) in [7, 11) is 1.87. The maximum Gasteiger partial charge on any atom is 0.268 e. The first-order chi connectivity index (χ1) is 12.2. The molecule has 3 aromatic rings. The minimum absolute atomic E-state index is 0.107. The molecule has 0 aliphatic carbocycles. The van der Waals surface area contributed by atoms with Crippen LogP contribution in [0, 0.1) is 0 Å². The minimum Gasteiger partial charge on any atom is -0.494 e. The molecule has 1 amide bonds. The van der Waals surface area contributed by atoms with Gasteiger partial charge in [-0.15, -0.1) is 0 Å². The SMILES string of the molecule is CCOc1cccc(CNC(=O)c2cc(-c3ccncc3)cn2C)c1. The van der Waals surface area contributed by atoms with Gasteiger partial charge in [-0.3, -0.25) is 9.78 Å². The van der Waals surface area contributed by atoms with Crippen molar-refractivity contribution in [2.24, 2.45) is 7.05 Å². The van der Waals surface area contributed by atoms with Gasteiger partial charge >= 0.3 is 0 Å². The Hall–Kier alpha value is -3.08. The molecule has 3 rings (SSSR count). The van der Waals surface area contributed by atoms with Crippen LogP contribution in [0.5, 0.6) is 5.75 Å². The van der Waals surface area contributed by atoms with E-state index in [9.17, 15) is 4.79 Å². The van der Waals surface area contributed by atoms with E-state index >= 15 is 0 Å². The topological polar surface area (TPSA) is 56.1 Å². The van der Waals surface area contributed by atoms with Crippen molar-refractivity contribution < 1.29 is 9.53 Å². The predicted octanol–water partition coefficient (Wildman–Crippen LogP) is 3.42.